The van der Waals surface area contributed by atoms with Gasteiger partial charge in [-0.25, -0.2) is 0 Å². The van der Waals surface area contributed by atoms with Gasteiger partial charge in [-0.1, -0.05) is 24.6 Å². The zero-order chi connectivity index (χ0) is 10.1. The van der Waals surface area contributed by atoms with Crippen LogP contribution in [0.2, 0.25) is 4.34 Å². The Balaban J connectivity index is 2.82. The molecular formula is C11H9ClOS. The molecule has 0 unspecified atom stereocenters. The van der Waals surface area contributed by atoms with Crippen molar-refractivity contribution in [2.75, 3.05) is 0 Å². The van der Waals surface area contributed by atoms with Gasteiger partial charge in [0, 0.05) is 15.6 Å². The van der Waals surface area contributed by atoms with Crippen molar-refractivity contribution in [1.29, 1.82) is 0 Å². The average Bonchev–Trinajstić information content (AvgIpc) is 2.56. The number of rotatable bonds is 2. The first kappa shape index (κ1) is 9.69. The van der Waals surface area contributed by atoms with Crippen molar-refractivity contribution in [3.05, 3.63) is 33.7 Å². The standard InChI is InChI=1S/C11H9ClOS/c1-2-7-3-4-10-8(9(7)6-13)5-11(12)14-10/h3-6H,2H2,1H3. The van der Waals surface area contributed by atoms with Crippen LogP contribution in [0, 0.1) is 0 Å². The van der Waals surface area contributed by atoms with E-state index in [0.717, 1.165) is 38.3 Å². The predicted octanol–water partition coefficient (Wildman–Crippen LogP) is 3.93. The summed E-state index contributed by atoms with van der Waals surface area (Å²) in [5, 5.41) is 0.981. The highest BCUT2D eigenvalue weighted by Gasteiger charge is 2.08. The summed E-state index contributed by atoms with van der Waals surface area (Å²) in [5.74, 6) is 0. The number of aldehydes is 1. The van der Waals surface area contributed by atoms with Crippen molar-refractivity contribution >= 4 is 39.3 Å². The van der Waals surface area contributed by atoms with E-state index in [9.17, 15) is 4.79 Å². The fourth-order valence-corrected chi connectivity index (χ4v) is 2.76. The van der Waals surface area contributed by atoms with Gasteiger partial charge in [0.15, 0.2) is 6.29 Å². The molecule has 2 rings (SSSR count). The predicted molar refractivity (Wildman–Crippen MR) is 61.6 cm³/mol. The third-order valence-electron chi connectivity index (χ3n) is 2.30. The summed E-state index contributed by atoms with van der Waals surface area (Å²) in [6, 6.07) is 5.89. The van der Waals surface area contributed by atoms with Crippen LogP contribution in [0.25, 0.3) is 10.1 Å². The first-order valence-electron chi connectivity index (χ1n) is 4.42. The minimum atomic E-state index is 0.733. The summed E-state index contributed by atoms with van der Waals surface area (Å²) in [7, 11) is 0. The zero-order valence-corrected chi connectivity index (χ0v) is 9.28. The van der Waals surface area contributed by atoms with Gasteiger partial charge in [0.1, 0.15) is 0 Å². The number of halogens is 1. The molecule has 0 aliphatic heterocycles. The molecular weight excluding hydrogens is 216 g/mol. The molecule has 0 aliphatic rings. The van der Waals surface area contributed by atoms with E-state index in [1.165, 1.54) is 11.3 Å². The van der Waals surface area contributed by atoms with Gasteiger partial charge in [0.2, 0.25) is 0 Å². The molecule has 0 aliphatic carbocycles. The highest BCUT2D eigenvalue weighted by molar-refractivity contribution is 7.22. The van der Waals surface area contributed by atoms with E-state index in [4.69, 9.17) is 11.6 Å². The molecule has 1 aromatic heterocycles. The Labute approximate surface area is 91.3 Å². The van der Waals surface area contributed by atoms with Gasteiger partial charge in [0.25, 0.3) is 0 Å². The molecule has 1 aromatic carbocycles. The van der Waals surface area contributed by atoms with Gasteiger partial charge in [-0.2, -0.15) is 0 Å². The second-order valence-electron chi connectivity index (χ2n) is 3.07. The van der Waals surface area contributed by atoms with E-state index in [-0.39, 0.29) is 0 Å². The average molecular weight is 225 g/mol. The number of carbonyl (C=O) groups is 1. The normalized spacial score (nSPS) is 10.7. The van der Waals surface area contributed by atoms with Crippen LogP contribution in [0.5, 0.6) is 0 Å². The molecule has 0 bridgehead atoms. The summed E-state index contributed by atoms with van der Waals surface area (Å²) in [6.45, 7) is 2.04. The Kier molecular flexibility index (Phi) is 2.57. The minimum absolute atomic E-state index is 0.733. The minimum Gasteiger partial charge on any atom is -0.298 e. The van der Waals surface area contributed by atoms with Gasteiger partial charge in [-0.3, -0.25) is 4.79 Å². The molecule has 0 radical (unpaired) electrons. The highest BCUT2D eigenvalue weighted by atomic mass is 35.5. The van der Waals surface area contributed by atoms with Crippen LogP contribution in [-0.2, 0) is 6.42 Å². The van der Waals surface area contributed by atoms with E-state index < -0.39 is 0 Å². The molecule has 2 aromatic rings. The Bertz CT molecular complexity index is 487. The van der Waals surface area contributed by atoms with Crippen molar-refractivity contribution in [3.63, 3.8) is 0 Å². The van der Waals surface area contributed by atoms with Crippen LogP contribution in [0.3, 0.4) is 0 Å². The summed E-state index contributed by atoms with van der Waals surface area (Å²) >= 11 is 7.42. The SMILES string of the molecule is CCc1ccc2sc(Cl)cc2c1C=O. The third kappa shape index (κ3) is 1.45. The second kappa shape index (κ2) is 3.71. The summed E-state index contributed by atoms with van der Waals surface area (Å²) in [5.41, 5.74) is 1.87. The monoisotopic (exact) mass is 224 g/mol. The van der Waals surface area contributed by atoms with Gasteiger partial charge in [-0.05, 0) is 24.1 Å². The lowest BCUT2D eigenvalue weighted by atomic mass is 10.0. The quantitative estimate of drug-likeness (QED) is 0.707. The number of hydrogen-bond donors (Lipinski definition) is 0. The van der Waals surface area contributed by atoms with Crippen molar-refractivity contribution in [2.24, 2.45) is 0 Å². The van der Waals surface area contributed by atoms with Crippen molar-refractivity contribution in [1.82, 2.24) is 0 Å². The number of fused-ring (bicyclic) bond motifs is 1. The summed E-state index contributed by atoms with van der Waals surface area (Å²) in [6.07, 6.45) is 1.79. The van der Waals surface area contributed by atoms with Gasteiger partial charge < -0.3 is 0 Å². The molecule has 0 amide bonds. The molecule has 0 atom stereocenters. The summed E-state index contributed by atoms with van der Waals surface area (Å²) < 4.78 is 1.81. The fourth-order valence-electron chi connectivity index (χ4n) is 1.59. The van der Waals surface area contributed by atoms with Gasteiger partial charge in [0.05, 0.1) is 4.34 Å². The zero-order valence-electron chi connectivity index (χ0n) is 7.71. The van der Waals surface area contributed by atoms with Crippen LogP contribution in [0.1, 0.15) is 22.8 Å². The molecule has 0 fully saturated rings. The van der Waals surface area contributed by atoms with Crippen molar-refractivity contribution < 1.29 is 4.79 Å². The van der Waals surface area contributed by atoms with Crippen LogP contribution in [0.15, 0.2) is 18.2 Å². The lowest BCUT2D eigenvalue weighted by Gasteiger charge is -2.01. The molecule has 1 nitrogen and oxygen atoms in total. The molecule has 72 valence electrons. The first-order chi connectivity index (χ1) is 6.76. The van der Waals surface area contributed by atoms with Crippen molar-refractivity contribution in [3.8, 4) is 0 Å². The van der Waals surface area contributed by atoms with Crippen LogP contribution in [0.4, 0.5) is 0 Å². The number of benzene rings is 1. The Morgan fingerprint density at radius 2 is 2.29 bits per heavy atom. The summed E-state index contributed by atoms with van der Waals surface area (Å²) in [4.78, 5) is 11.0. The number of hydrogen-bond acceptors (Lipinski definition) is 2. The fraction of sp³-hybridized carbons (Fsp3) is 0.182. The molecule has 3 heteroatoms. The maximum Gasteiger partial charge on any atom is 0.150 e. The maximum atomic E-state index is 11.0. The number of thiophene rings is 1. The lowest BCUT2D eigenvalue weighted by Crippen LogP contribution is -1.90. The molecule has 0 saturated carbocycles. The number of carbonyl (C=O) groups excluding carboxylic acids is 1. The van der Waals surface area contributed by atoms with Crippen LogP contribution in [-0.4, -0.2) is 6.29 Å². The van der Waals surface area contributed by atoms with E-state index in [2.05, 4.69) is 0 Å². The van der Waals surface area contributed by atoms with E-state index in [1.54, 1.807) is 0 Å². The molecule has 0 spiro atoms. The Morgan fingerprint density at radius 1 is 1.50 bits per heavy atom. The largest absolute Gasteiger partial charge is 0.298 e. The Morgan fingerprint density at radius 3 is 2.93 bits per heavy atom. The maximum absolute atomic E-state index is 11.0. The molecule has 14 heavy (non-hydrogen) atoms. The molecule has 1 heterocycles. The smallest absolute Gasteiger partial charge is 0.150 e. The third-order valence-corrected chi connectivity index (χ3v) is 3.53. The van der Waals surface area contributed by atoms with Gasteiger partial charge in [-0.15, -0.1) is 11.3 Å². The van der Waals surface area contributed by atoms with Crippen molar-refractivity contribution in [2.45, 2.75) is 13.3 Å². The lowest BCUT2D eigenvalue weighted by molar-refractivity contribution is 0.112. The highest BCUT2D eigenvalue weighted by Crippen LogP contribution is 2.32. The second-order valence-corrected chi connectivity index (χ2v) is 4.79. The van der Waals surface area contributed by atoms with E-state index in [1.807, 2.05) is 25.1 Å². The molecule has 0 N–H and O–H groups in total. The topological polar surface area (TPSA) is 17.1 Å². The van der Waals surface area contributed by atoms with Gasteiger partial charge >= 0.3 is 0 Å². The Hall–Kier alpha value is -0.860. The molecule has 0 saturated heterocycles. The van der Waals surface area contributed by atoms with E-state index in [0.29, 0.717) is 0 Å². The van der Waals surface area contributed by atoms with Crippen LogP contribution >= 0.6 is 22.9 Å². The number of aryl methyl sites for hydroxylation is 1. The van der Waals surface area contributed by atoms with Crippen LogP contribution < -0.4 is 0 Å². The first-order valence-corrected chi connectivity index (χ1v) is 5.61. The van der Waals surface area contributed by atoms with E-state index >= 15 is 0 Å².